The van der Waals surface area contributed by atoms with E-state index in [2.05, 4.69) is 29.3 Å². The molecule has 1 N–H and O–H groups in total. The van der Waals surface area contributed by atoms with E-state index in [1.807, 2.05) is 42.2 Å². The number of hydrogen-bond donors (Lipinski definition) is 1. The second-order valence-corrected chi connectivity index (χ2v) is 12.8. The molecule has 8 nitrogen and oxygen atoms in total. The van der Waals surface area contributed by atoms with E-state index in [9.17, 15) is 14.7 Å². The number of carboxylic acids is 1. The molecule has 1 aromatic heterocycles. The lowest BCUT2D eigenvalue weighted by atomic mass is 9.85. The number of hydrogen-bond acceptors (Lipinski definition) is 7. The van der Waals surface area contributed by atoms with Crippen LogP contribution in [0.5, 0.6) is 5.75 Å². The monoisotopic (exact) mass is 584 g/mol. The predicted molar refractivity (Wildman–Crippen MR) is 162 cm³/mol. The predicted octanol–water partition coefficient (Wildman–Crippen LogP) is 5.93. The maximum atomic E-state index is 13.0. The van der Waals surface area contributed by atoms with Gasteiger partial charge in [-0.3, -0.25) is 9.59 Å². The maximum absolute atomic E-state index is 13.0. The smallest absolute Gasteiger partial charge is 0.307 e. The number of fused-ring (bicyclic) bond motifs is 2. The zero-order valence-corrected chi connectivity index (χ0v) is 24.9. The van der Waals surface area contributed by atoms with Crippen molar-refractivity contribution in [3.8, 4) is 23.1 Å². The number of likely N-dealkylation sites (tertiary alicyclic amines) is 1. The molecule has 1 amide bonds. The zero-order valence-electron chi connectivity index (χ0n) is 24.1. The Bertz CT molecular complexity index is 1520. The van der Waals surface area contributed by atoms with E-state index in [-0.39, 0.29) is 29.6 Å². The lowest BCUT2D eigenvalue weighted by Gasteiger charge is -2.35. The van der Waals surface area contributed by atoms with Crippen LogP contribution in [0.1, 0.15) is 52.7 Å². The molecule has 9 heteroatoms. The van der Waals surface area contributed by atoms with Crippen molar-refractivity contribution in [3.63, 3.8) is 0 Å². The van der Waals surface area contributed by atoms with Gasteiger partial charge in [0.05, 0.1) is 17.7 Å². The van der Waals surface area contributed by atoms with Crippen LogP contribution >= 0.6 is 11.3 Å². The summed E-state index contributed by atoms with van der Waals surface area (Å²) in [7, 11) is 0. The lowest BCUT2D eigenvalue weighted by molar-refractivity contribution is -0.144. The molecule has 42 heavy (non-hydrogen) atoms. The number of aromatic nitrogens is 1. The fraction of sp³-hybridized carbons (Fsp3) is 0.455. The molecule has 2 aliphatic heterocycles. The van der Waals surface area contributed by atoms with Gasteiger partial charge in [-0.05, 0) is 86.8 Å². The zero-order chi connectivity index (χ0) is 29.4. The van der Waals surface area contributed by atoms with E-state index in [1.165, 1.54) is 0 Å². The number of thiazole rings is 1. The summed E-state index contributed by atoms with van der Waals surface area (Å²) in [5.41, 5.74) is 5.59. The first-order chi connectivity index (χ1) is 20.3. The molecule has 3 fully saturated rings. The Kier molecular flexibility index (Phi) is 7.91. The van der Waals surface area contributed by atoms with E-state index >= 15 is 0 Å². The summed E-state index contributed by atoms with van der Waals surface area (Å²) in [5.74, 6) is 0.305. The van der Waals surface area contributed by atoms with Crippen LogP contribution in [0.2, 0.25) is 0 Å². The Labute approximate surface area is 250 Å². The summed E-state index contributed by atoms with van der Waals surface area (Å²) in [6.45, 7) is 7.15. The molecular weight excluding hydrogens is 548 g/mol. The fourth-order valence-corrected chi connectivity index (χ4v) is 7.67. The Balaban J connectivity index is 1.14. The van der Waals surface area contributed by atoms with Crippen molar-refractivity contribution in [1.82, 2.24) is 9.88 Å². The quantitative estimate of drug-likeness (QED) is 0.367. The normalized spacial score (nSPS) is 22.2. The Morgan fingerprint density at radius 2 is 1.81 bits per heavy atom. The van der Waals surface area contributed by atoms with Crippen LogP contribution in [0.25, 0.3) is 11.3 Å². The van der Waals surface area contributed by atoms with Crippen LogP contribution in [0.4, 0.5) is 5.13 Å². The lowest BCUT2D eigenvalue weighted by Crippen LogP contribution is -2.44. The molecule has 3 heterocycles. The van der Waals surface area contributed by atoms with Gasteiger partial charge < -0.3 is 19.6 Å². The molecular formula is C33H36N4O4S. The van der Waals surface area contributed by atoms with E-state index in [0.29, 0.717) is 25.3 Å². The van der Waals surface area contributed by atoms with Crippen molar-refractivity contribution in [3.05, 3.63) is 64.0 Å². The highest BCUT2D eigenvalue weighted by Crippen LogP contribution is 2.44. The summed E-state index contributed by atoms with van der Waals surface area (Å²) in [5, 5.41) is 21.8. The number of rotatable bonds is 7. The highest BCUT2D eigenvalue weighted by atomic mass is 32.1. The van der Waals surface area contributed by atoms with Crippen molar-refractivity contribution in [2.75, 3.05) is 31.1 Å². The van der Waals surface area contributed by atoms with Crippen LogP contribution < -0.4 is 9.64 Å². The minimum atomic E-state index is -0.656. The molecule has 0 spiro atoms. The maximum Gasteiger partial charge on any atom is 0.307 e. The number of nitrogens with zero attached hydrogens (tertiary/aromatic N) is 4. The number of amides is 1. The van der Waals surface area contributed by atoms with Crippen molar-refractivity contribution >= 4 is 28.3 Å². The molecule has 218 valence electrons. The van der Waals surface area contributed by atoms with Crippen LogP contribution in [0, 0.1) is 48.9 Å². The highest BCUT2D eigenvalue weighted by molar-refractivity contribution is 7.14. The number of carbonyl (C=O) groups excluding carboxylic acids is 1. The minimum Gasteiger partial charge on any atom is -0.488 e. The van der Waals surface area contributed by atoms with Crippen molar-refractivity contribution in [2.24, 2.45) is 23.7 Å². The summed E-state index contributed by atoms with van der Waals surface area (Å²) in [4.78, 5) is 33.9. The van der Waals surface area contributed by atoms with E-state index in [1.54, 1.807) is 11.3 Å². The Morgan fingerprint density at radius 3 is 2.48 bits per heavy atom. The molecule has 0 unspecified atom stereocenters. The van der Waals surface area contributed by atoms with E-state index in [4.69, 9.17) is 15.0 Å². The second kappa shape index (κ2) is 11.8. The van der Waals surface area contributed by atoms with Gasteiger partial charge in [-0.2, -0.15) is 5.26 Å². The van der Waals surface area contributed by atoms with Crippen molar-refractivity contribution < 1.29 is 19.4 Å². The molecule has 2 atom stereocenters. The second-order valence-electron chi connectivity index (χ2n) is 12.0. The number of piperidine rings is 2. The number of benzene rings is 2. The van der Waals surface area contributed by atoms with Gasteiger partial charge in [-0.25, -0.2) is 4.98 Å². The van der Waals surface area contributed by atoms with Crippen LogP contribution in [0.15, 0.2) is 41.8 Å². The Hall–Kier alpha value is -3.90. The van der Waals surface area contributed by atoms with Crippen LogP contribution in [-0.2, 0) is 11.4 Å². The van der Waals surface area contributed by atoms with Gasteiger partial charge in [-0.1, -0.05) is 17.7 Å². The third-order valence-electron chi connectivity index (χ3n) is 9.23. The van der Waals surface area contributed by atoms with Crippen LogP contribution in [0.3, 0.4) is 0 Å². The van der Waals surface area contributed by atoms with Gasteiger partial charge in [0.2, 0.25) is 0 Å². The van der Waals surface area contributed by atoms with Crippen molar-refractivity contribution in [2.45, 2.75) is 46.1 Å². The SMILES string of the molecule is Cc1ccc(OCc2ccc(C(=O)N3CCC(C#N)CC3)cc2C)c(-c2csc(N3C[C@@H]4CC[C@@H](C3)C4C(=O)O)n2)c1. The van der Waals surface area contributed by atoms with Crippen LogP contribution in [-0.4, -0.2) is 53.0 Å². The molecule has 2 aromatic carbocycles. The standard InChI is InChI=1S/C33H36N4O4S/c1-20-3-8-29(41-18-26-7-4-23(14-21(26)2)31(38)36-11-9-22(15-34)10-12-36)27(13-20)28-19-42-33(35-28)37-16-24-5-6-25(17-37)30(24)32(39)40/h3-4,7-8,13-14,19,22,24-25,30H,5-6,9-12,16-18H2,1-2H3,(H,39,40)/t24-,25-/m0/s1. The summed E-state index contributed by atoms with van der Waals surface area (Å²) in [6, 6.07) is 14.2. The number of anilines is 1. The first kappa shape index (κ1) is 28.2. The average molecular weight is 585 g/mol. The number of carboxylic acid groups (broad SMARTS) is 1. The number of nitriles is 1. The third kappa shape index (κ3) is 5.60. The third-order valence-corrected chi connectivity index (χ3v) is 10.1. The van der Waals surface area contributed by atoms with Gasteiger partial charge >= 0.3 is 5.97 Å². The van der Waals surface area contributed by atoms with Gasteiger partial charge in [0.15, 0.2) is 5.13 Å². The van der Waals surface area contributed by atoms with Crippen molar-refractivity contribution in [1.29, 1.82) is 5.26 Å². The van der Waals surface area contributed by atoms with Gasteiger partial charge in [-0.15, -0.1) is 11.3 Å². The van der Waals surface area contributed by atoms with Gasteiger partial charge in [0.1, 0.15) is 12.4 Å². The van der Waals surface area contributed by atoms with E-state index in [0.717, 1.165) is 77.6 Å². The highest BCUT2D eigenvalue weighted by Gasteiger charge is 2.46. The largest absolute Gasteiger partial charge is 0.488 e. The first-order valence-corrected chi connectivity index (χ1v) is 15.6. The molecule has 6 rings (SSSR count). The number of aryl methyl sites for hydroxylation is 2. The topological polar surface area (TPSA) is 107 Å². The molecule has 0 radical (unpaired) electrons. The summed E-state index contributed by atoms with van der Waals surface area (Å²) in [6.07, 6.45) is 3.41. The Morgan fingerprint density at radius 1 is 1.07 bits per heavy atom. The summed E-state index contributed by atoms with van der Waals surface area (Å²) >= 11 is 1.60. The number of carbonyl (C=O) groups is 2. The number of ether oxygens (including phenoxy) is 1. The molecule has 3 aliphatic rings. The molecule has 2 saturated heterocycles. The summed E-state index contributed by atoms with van der Waals surface area (Å²) < 4.78 is 6.35. The minimum absolute atomic E-state index is 0.0160. The van der Waals surface area contributed by atoms with E-state index < -0.39 is 5.97 Å². The average Bonchev–Trinajstić information content (AvgIpc) is 3.59. The molecule has 2 bridgehead atoms. The molecule has 3 aromatic rings. The number of aliphatic carboxylic acids is 1. The molecule has 1 saturated carbocycles. The fourth-order valence-electron chi connectivity index (χ4n) is 6.83. The van der Waals surface area contributed by atoms with Gasteiger partial charge in [0, 0.05) is 48.6 Å². The molecule has 1 aliphatic carbocycles. The first-order valence-electron chi connectivity index (χ1n) is 14.8. The van der Waals surface area contributed by atoms with Gasteiger partial charge in [0.25, 0.3) is 5.91 Å².